The van der Waals surface area contributed by atoms with Crippen molar-refractivity contribution in [2.24, 2.45) is 0 Å². The molecular formula is C12H9F5N4. The first kappa shape index (κ1) is 14.9. The second-order valence-corrected chi connectivity index (χ2v) is 4.18. The van der Waals surface area contributed by atoms with E-state index in [2.05, 4.69) is 15.3 Å². The summed E-state index contributed by atoms with van der Waals surface area (Å²) in [7, 11) is 0. The third-order valence-electron chi connectivity index (χ3n) is 2.54. The number of aryl methyl sites for hydroxylation is 1. The lowest BCUT2D eigenvalue weighted by molar-refractivity contribution is -0.144. The molecule has 0 spiro atoms. The van der Waals surface area contributed by atoms with Crippen molar-refractivity contribution in [1.82, 2.24) is 9.97 Å². The molecule has 3 N–H and O–H groups in total. The molecule has 112 valence electrons. The van der Waals surface area contributed by atoms with E-state index in [-0.39, 0.29) is 5.56 Å². The maximum atomic E-state index is 13.8. The summed E-state index contributed by atoms with van der Waals surface area (Å²) in [5, 5.41) is 2.15. The van der Waals surface area contributed by atoms with Gasteiger partial charge in [-0.15, -0.1) is 0 Å². The number of anilines is 3. The van der Waals surface area contributed by atoms with E-state index in [1.54, 1.807) is 0 Å². The summed E-state index contributed by atoms with van der Waals surface area (Å²) in [6.07, 6.45) is -4.82. The molecule has 2 aromatic rings. The van der Waals surface area contributed by atoms with Gasteiger partial charge in [-0.1, -0.05) is 6.07 Å². The third-order valence-corrected chi connectivity index (χ3v) is 2.54. The van der Waals surface area contributed by atoms with E-state index in [1.807, 2.05) is 0 Å². The number of nitrogens with zero attached hydrogens (tertiary/aromatic N) is 2. The summed E-state index contributed by atoms with van der Waals surface area (Å²) in [6, 6.07) is 3.12. The fourth-order valence-corrected chi connectivity index (χ4v) is 1.56. The summed E-state index contributed by atoms with van der Waals surface area (Å²) in [5.41, 5.74) is 4.75. The first-order chi connectivity index (χ1) is 9.68. The molecule has 1 heterocycles. The zero-order valence-electron chi connectivity index (χ0n) is 10.6. The van der Waals surface area contributed by atoms with Gasteiger partial charge >= 0.3 is 6.18 Å². The van der Waals surface area contributed by atoms with Crippen LogP contribution in [0.1, 0.15) is 11.4 Å². The van der Waals surface area contributed by atoms with Gasteiger partial charge in [-0.25, -0.2) is 18.7 Å². The molecule has 0 saturated heterocycles. The number of benzene rings is 1. The topological polar surface area (TPSA) is 63.8 Å². The Morgan fingerprint density at radius 2 is 1.81 bits per heavy atom. The second-order valence-electron chi connectivity index (χ2n) is 4.18. The zero-order valence-corrected chi connectivity index (χ0v) is 10.6. The SMILES string of the molecule is Cc1ccc(F)c(Nc2cc(N)nc(C(F)(F)F)n2)c1F. The van der Waals surface area contributed by atoms with Crippen LogP contribution in [0.4, 0.5) is 39.3 Å². The minimum atomic E-state index is -4.82. The number of hydrogen-bond donors (Lipinski definition) is 2. The van der Waals surface area contributed by atoms with Gasteiger partial charge in [0.15, 0.2) is 5.82 Å². The van der Waals surface area contributed by atoms with E-state index in [9.17, 15) is 22.0 Å². The summed E-state index contributed by atoms with van der Waals surface area (Å²) in [6.45, 7) is 1.38. The van der Waals surface area contributed by atoms with E-state index < -0.39 is 41.0 Å². The minimum Gasteiger partial charge on any atom is -0.384 e. The van der Waals surface area contributed by atoms with Crippen molar-refractivity contribution in [3.63, 3.8) is 0 Å². The molecule has 1 aromatic heterocycles. The fraction of sp³-hybridized carbons (Fsp3) is 0.167. The molecule has 0 unspecified atom stereocenters. The van der Waals surface area contributed by atoms with Crippen LogP contribution in [0.25, 0.3) is 0 Å². The molecule has 0 atom stereocenters. The van der Waals surface area contributed by atoms with Gasteiger partial charge in [-0.05, 0) is 18.6 Å². The Balaban J connectivity index is 2.46. The van der Waals surface area contributed by atoms with Gasteiger partial charge in [-0.3, -0.25) is 0 Å². The maximum Gasteiger partial charge on any atom is 0.451 e. The van der Waals surface area contributed by atoms with E-state index in [1.165, 1.54) is 13.0 Å². The molecule has 0 aliphatic heterocycles. The summed E-state index contributed by atoms with van der Waals surface area (Å²) >= 11 is 0. The number of nitrogen functional groups attached to an aromatic ring is 1. The maximum absolute atomic E-state index is 13.8. The van der Waals surface area contributed by atoms with E-state index in [4.69, 9.17) is 5.73 Å². The molecule has 0 aliphatic rings. The van der Waals surface area contributed by atoms with E-state index >= 15 is 0 Å². The van der Waals surface area contributed by atoms with Gasteiger partial charge in [0, 0.05) is 6.07 Å². The van der Waals surface area contributed by atoms with Crippen LogP contribution in [-0.4, -0.2) is 9.97 Å². The second kappa shape index (κ2) is 5.15. The number of halogens is 5. The van der Waals surface area contributed by atoms with Crippen LogP contribution in [0.5, 0.6) is 0 Å². The molecule has 9 heteroatoms. The molecule has 0 saturated carbocycles. The van der Waals surface area contributed by atoms with Gasteiger partial charge in [0.05, 0.1) is 0 Å². The van der Waals surface area contributed by atoms with Crippen molar-refractivity contribution in [1.29, 1.82) is 0 Å². The minimum absolute atomic E-state index is 0.122. The molecule has 0 amide bonds. The third kappa shape index (κ3) is 3.18. The molecular weight excluding hydrogens is 295 g/mol. The molecule has 21 heavy (non-hydrogen) atoms. The number of rotatable bonds is 2. The smallest absolute Gasteiger partial charge is 0.384 e. The van der Waals surface area contributed by atoms with E-state index in [0.29, 0.717) is 0 Å². The molecule has 1 aromatic carbocycles. The van der Waals surface area contributed by atoms with Gasteiger partial charge < -0.3 is 11.1 Å². The number of nitrogens with one attached hydrogen (secondary N) is 1. The largest absolute Gasteiger partial charge is 0.451 e. The van der Waals surface area contributed by atoms with Crippen LogP contribution in [0.3, 0.4) is 0 Å². The Bertz CT molecular complexity index is 684. The van der Waals surface area contributed by atoms with Crippen LogP contribution in [-0.2, 0) is 6.18 Å². The Morgan fingerprint density at radius 1 is 1.14 bits per heavy atom. The lowest BCUT2D eigenvalue weighted by atomic mass is 10.2. The van der Waals surface area contributed by atoms with Crippen molar-refractivity contribution in [3.05, 3.63) is 41.2 Å². The van der Waals surface area contributed by atoms with Gasteiger partial charge in [0.1, 0.15) is 23.1 Å². The fourth-order valence-electron chi connectivity index (χ4n) is 1.56. The van der Waals surface area contributed by atoms with Crippen molar-refractivity contribution < 1.29 is 22.0 Å². The van der Waals surface area contributed by atoms with Gasteiger partial charge in [0.2, 0.25) is 5.82 Å². The van der Waals surface area contributed by atoms with Crippen LogP contribution >= 0.6 is 0 Å². The Kier molecular flexibility index (Phi) is 3.67. The van der Waals surface area contributed by atoms with Crippen molar-refractivity contribution in [3.8, 4) is 0 Å². The molecule has 0 bridgehead atoms. The lowest BCUT2D eigenvalue weighted by Crippen LogP contribution is -2.14. The van der Waals surface area contributed by atoms with Crippen LogP contribution in [0.2, 0.25) is 0 Å². The summed E-state index contributed by atoms with van der Waals surface area (Å²) < 4.78 is 65.0. The standard InChI is InChI=1S/C12H9F5N4/c1-5-2-3-6(13)10(9(5)14)20-8-4-7(18)19-11(21-8)12(15,16)17/h2-4H,1H3,(H3,18,19,20,21). The number of aromatic nitrogens is 2. The van der Waals surface area contributed by atoms with Crippen molar-refractivity contribution in [2.45, 2.75) is 13.1 Å². The predicted molar refractivity (Wildman–Crippen MR) is 65.8 cm³/mol. The van der Waals surface area contributed by atoms with Crippen molar-refractivity contribution >= 4 is 17.3 Å². The van der Waals surface area contributed by atoms with Gasteiger partial charge in [0.25, 0.3) is 0 Å². The van der Waals surface area contributed by atoms with Crippen LogP contribution in [0, 0.1) is 18.6 Å². The number of alkyl halides is 3. The molecule has 2 rings (SSSR count). The lowest BCUT2D eigenvalue weighted by Gasteiger charge is -2.12. The van der Waals surface area contributed by atoms with Crippen molar-refractivity contribution in [2.75, 3.05) is 11.1 Å². The normalized spacial score (nSPS) is 11.5. The monoisotopic (exact) mass is 304 g/mol. The number of hydrogen-bond acceptors (Lipinski definition) is 4. The Morgan fingerprint density at radius 3 is 2.43 bits per heavy atom. The molecule has 0 radical (unpaired) electrons. The average Bonchev–Trinajstić information content (AvgIpc) is 2.38. The zero-order chi connectivity index (χ0) is 15.8. The average molecular weight is 304 g/mol. The van der Waals surface area contributed by atoms with Crippen LogP contribution in [0.15, 0.2) is 18.2 Å². The first-order valence-corrected chi connectivity index (χ1v) is 5.62. The quantitative estimate of drug-likeness (QED) is 0.835. The highest BCUT2D eigenvalue weighted by atomic mass is 19.4. The molecule has 4 nitrogen and oxygen atoms in total. The molecule has 0 fully saturated rings. The summed E-state index contributed by atoms with van der Waals surface area (Å²) in [4.78, 5) is 6.17. The highest BCUT2D eigenvalue weighted by molar-refractivity contribution is 5.60. The molecule has 0 aliphatic carbocycles. The highest BCUT2D eigenvalue weighted by Crippen LogP contribution is 2.30. The first-order valence-electron chi connectivity index (χ1n) is 5.62. The van der Waals surface area contributed by atoms with Gasteiger partial charge in [-0.2, -0.15) is 13.2 Å². The number of nitrogens with two attached hydrogens (primary N) is 1. The highest BCUT2D eigenvalue weighted by Gasteiger charge is 2.35. The predicted octanol–water partition coefficient (Wildman–Crippen LogP) is 3.41. The summed E-state index contributed by atoms with van der Waals surface area (Å²) in [5.74, 6) is -4.34. The van der Waals surface area contributed by atoms with E-state index in [0.717, 1.165) is 12.1 Å². The van der Waals surface area contributed by atoms with Crippen LogP contribution < -0.4 is 11.1 Å². The Hall–Kier alpha value is -2.45. The Labute approximate surface area is 115 Å².